The van der Waals surface area contributed by atoms with Crippen molar-refractivity contribution in [3.63, 3.8) is 0 Å². The van der Waals surface area contributed by atoms with Gasteiger partial charge in [-0.15, -0.1) is 0 Å². The summed E-state index contributed by atoms with van der Waals surface area (Å²) in [7, 11) is 3.28. The fraction of sp³-hybridized carbons (Fsp3) is 0.739. The first-order chi connectivity index (χ1) is 12.6. The summed E-state index contributed by atoms with van der Waals surface area (Å²) < 4.78 is 16.9. The van der Waals surface area contributed by atoms with Crippen molar-refractivity contribution in [2.75, 3.05) is 20.8 Å². The highest BCUT2D eigenvalue weighted by Crippen LogP contribution is 2.61. The molecule has 0 aromatic heterocycles. The Labute approximate surface area is 164 Å². The van der Waals surface area contributed by atoms with Gasteiger partial charge in [-0.05, 0) is 49.4 Å². The average molecular weight is 377 g/mol. The molecule has 0 heterocycles. The molecule has 4 nitrogen and oxygen atoms in total. The Bertz CT molecular complexity index is 644. The van der Waals surface area contributed by atoms with Crippen molar-refractivity contribution >= 4 is 0 Å². The first-order valence-electron chi connectivity index (χ1n) is 10.2. The van der Waals surface area contributed by atoms with E-state index in [1.807, 2.05) is 25.1 Å². The summed E-state index contributed by atoms with van der Waals surface area (Å²) in [6.07, 6.45) is 5.59. The summed E-state index contributed by atoms with van der Waals surface area (Å²) in [4.78, 5) is 0. The van der Waals surface area contributed by atoms with Crippen LogP contribution < -0.4 is 14.2 Å². The van der Waals surface area contributed by atoms with Crippen LogP contribution in [-0.4, -0.2) is 31.5 Å². The zero-order valence-corrected chi connectivity index (χ0v) is 17.8. The quantitative estimate of drug-likeness (QED) is 0.779. The SMILES string of the molecule is COc1cc(OC)cc(OCC2C(C)(O)CCC3C(C)(C)CCCC32C)c1. The average Bonchev–Trinajstić information content (AvgIpc) is 2.59. The minimum Gasteiger partial charge on any atom is -0.496 e. The highest BCUT2D eigenvalue weighted by atomic mass is 16.5. The summed E-state index contributed by atoms with van der Waals surface area (Å²) in [6.45, 7) is 9.69. The van der Waals surface area contributed by atoms with E-state index in [-0.39, 0.29) is 11.3 Å². The fourth-order valence-corrected chi connectivity index (χ4v) is 6.04. The van der Waals surface area contributed by atoms with E-state index in [2.05, 4.69) is 20.8 Å². The van der Waals surface area contributed by atoms with E-state index in [9.17, 15) is 5.11 Å². The zero-order valence-electron chi connectivity index (χ0n) is 17.8. The van der Waals surface area contributed by atoms with Gasteiger partial charge < -0.3 is 19.3 Å². The molecule has 1 aromatic carbocycles. The number of methoxy groups -OCH3 is 2. The summed E-state index contributed by atoms with van der Waals surface area (Å²) in [5.74, 6) is 2.86. The van der Waals surface area contributed by atoms with Gasteiger partial charge in [-0.2, -0.15) is 0 Å². The molecule has 0 saturated heterocycles. The number of aliphatic hydroxyl groups is 1. The molecule has 0 amide bonds. The van der Waals surface area contributed by atoms with Crippen LogP contribution in [0.25, 0.3) is 0 Å². The van der Waals surface area contributed by atoms with Crippen molar-refractivity contribution < 1.29 is 19.3 Å². The first kappa shape index (κ1) is 20.3. The molecule has 2 saturated carbocycles. The van der Waals surface area contributed by atoms with Crippen LogP contribution in [0.4, 0.5) is 0 Å². The maximum absolute atomic E-state index is 11.3. The van der Waals surface area contributed by atoms with Gasteiger partial charge in [-0.25, -0.2) is 0 Å². The lowest BCUT2D eigenvalue weighted by atomic mass is 9.46. The third-order valence-electron chi connectivity index (χ3n) is 7.50. The molecule has 2 fully saturated rings. The summed E-state index contributed by atoms with van der Waals surface area (Å²) >= 11 is 0. The van der Waals surface area contributed by atoms with Crippen LogP contribution in [0.1, 0.15) is 59.8 Å². The minimum atomic E-state index is -0.707. The fourth-order valence-electron chi connectivity index (χ4n) is 6.04. The standard InChI is InChI=1S/C23H36O4/c1-21(2)9-7-10-22(3)19(21)8-11-23(4,24)20(22)15-27-18-13-16(25-5)12-17(14-18)26-6/h12-14,19-20,24H,7-11,15H2,1-6H3. The van der Waals surface area contributed by atoms with Crippen LogP contribution in [-0.2, 0) is 0 Å². The number of benzene rings is 1. The summed E-state index contributed by atoms with van der Waals surface area (Å²) in [5.41, 5.74) is -0.297. The van der Waals surface area contributed by atoms with Crippen molar-refractivity contribution in [1.82, 2.24) is 0 Å². The maximum Gasteiger partial charge on any atom is 0.126 e. The van der Waals surface area contributed by atoms with Crippen LogP contribution >= 0.6 is 0 Å². The largest absolute Gasteiger partial charge is 0.496 e. The van der Waals surface area contributed by atoms with E-state index in [0.29, 0.717) is 29.4 Å². The second kappa shape index (κ2) is 7.20. The third kappa shape index (κ3) is 3.78. The Kier molecular flexibility index (Phi) is 5.42. The Morgan fingerprint density at radius 3 is 2.11 bits per heavy atom. The number of ether oxygens (including phenoxy) is 3. The smallest absolute Gasteiger partial charge is 0.126 e. The highest BCUT2D eigenvalue weighted by Gasteiger charge is 2.58. The van der Waals surface area contributed by atoms with Crippen LogP contribution in [0.5, 0.6) is 17.2 Å². The molecule has 4 unspecified atom stereocenters. The van der Waals surface area contributed by atoms with E-state index >= 15 is 0 Å². The lowest BCUT2D eigenvalue weighted by Gasteiger charge is -2.60. The molecular formula is C23H36O4. The lowest BCUT2D eigenvalue weighted by molar-refractivity contribution is -0.176. The van der Waals surface area contributed by atoms with E-state index in [1.165, 1.54) is 12.8 Å². The topological polar surface area (TPSA) is 47.9 Å². The van der Waals surface area contributed by atoms with Gasteiger partial charge >= 0.3 is 0 Å². The van der Waals surface area contributed by atoms with Gasteiger partial charge in [0.05, 0.1) is 26.4 Å². The summed E-state index contributed by atoms with van der Waals surface area (Å²) in [6, 6.07) is 5.60. The molecule has 3 rings (SSSR count). The molecular weight excluding hydrogens is 340 g/mol. The van der Waals surface area contributed by atoms with Crippen LogP contribution in [0.15, 0.2) is 18.2 Å². The molecule has 4 heteroatoms. The number of hydrogen-bond acceptors (Lipinski definition) is 4. The van der Waals surface area contributed by atoms with E-state index in [4.69, 9.17) is 14.2 Å². The molecule has 0 radical (unpaired) electrons. The second-order valence-corrected chi connectivity index (χ2v) is 9.71. The molecule has 0 spiro atoms. The van der Waals surface area contributed by atoms with Crippen LogP contribution in [0.2, 0.25) is 0 Å². The monoisotopic (exact) mass is 376 g/mol. The molecule has 0 bridgehead atoms. The van der Waals surface area contributed by atoms with Crippen molar-refractivity contribution in [3.8, 4) is 17.2 Å². The lowest BCUT2D eigenvalue weighted by Crippen LogP contribution is -2.59. The predicted octanol–water partition coefficient (Wildman–Crippen LogP) is 5.08. The molecule has 2 aliphatic rings. The molecule has 152 valence electrons. The predicted molar refractivity (Wildman–Crippen MR) is 108 cm³/mol. The third-order valence-corrected chi connectivity index (χ3v) is 7.50. The van der Waals surface area contributed by atoms with E-state index in [1.54, 1.807) is 14.2 Å². The Morgan fingerprint density at radius 1 is 0.926 bits per heavy atom. The molecule has 1 aromatic rings. The van der Waals surface area contributed by atoms with Crippen molar-refractivity contribution in [2.45, 2.75) is 65.4 Å². The Hall–Kier alpha value is -1.42. The van der Waals surface area contributed by atoms with E-state index < -0.39 is 5.60 Å². The maximum atomic E-state index is 11.3. The second-order valence-electron chi connectivity index (χ2n) is 9.71. The van der Waals surface area contributed by atoms with Crippen molar-refractivity contribution in [3.05, 3.63) is 18.2 Å². The van der Waals surface area contributed by atoms with Gasteiger partial charge in [-0.1, -0.05) is 27.2 Å². The van der Waals surface area contributed by atoms with Gasteiger partial charge in [-0.3, -0.25) is 0 Å². The van der Waals surface area contributed by atoms with Gasteiger partial charge in [0.25, 0.3) is 0 Å². The minimum absolute atomic E-state index is 0.0897. The summed E-state index contributed by atoms with van der Waals surface area (Å²) in [5, 5.41) is 11.3. The van der Waals surface area contributed by atoms with Crippen molar-refractivity contribution in [1.29, 1.82) is 0 Å². The zero-order chi connectivity index (χ0) is 19.9. The Morgan fingerprint density at radius 2 is 1.52 bits per heavy atom. The normalized spacial score (nSPS) is 35.2. The van der Waals surface area contributed by atoms with Crippen LogP contribution in [0.3, 0.4) is 0 Å². The van der Waals surface area contributed by atoms with Gasteiger partial charge in [0.1, 0.15) is 17.2 Å². The number of hydrogen-bond donors (Lipinski definition) is 1. The highest BCUT2D eigenvalue weighted by molar-refractivity contribution is 5.42. The van der Waals surface area contributed by atoms with Crippen LogP contribution in [0, 0.1) is 22.7 Å². The van der Waals surface area contributed by atoms with Gasteiger partial charge in [0, 0.05) is 24.1 Å². The molecule has 2 aliphatic carbocycles. The first-order valence-corrected chi connectivity index (χ1v) is 10.2. The number of rotatable bonds is 5. The van der Waals surface area contributed by atoms with E-state index in [0.717, 1.165) is 25.0 Å². The number of fused-ring (bicyclic) bond motifs is 1. The molecule has 27 heavy (non-hydrogen) atoms. The molecule has 1 N–H and O–H groups in total. The molecule has 0 aliphatic heterocycles. The van der Waals surface area contributed by atoms with Gasteiger partial charge in [0.15, 0.2) is 0 Å². The van der Waals surface area contributed by atoms with Crippen molar-refractivity contribution in [2.24, 2.45) is 22.7 Å². The van der Waals surface area contributed by atoms with Gasteiger partial charge in [0.2, 0.25) is 0 Å². The molecule has 4 atom stereocenters. The Balaban J connectivity index is 1.85.